The van der Waals surface area contributed by atoms with Gasteiger partial charge < -0.3 is 9.64 Å². The summed E-state index contributed by atoms with van der Waals surface area (Å²) in [6, 6.07) is 0. The average Bonchev–Trinajstić information content (AvgIpc) is 2.61. The van der Waals surface area contributed by atoms with E-state index >= 15 is 0 Å². The molecule has 0 radical (unpaired) electrons. The van der Waals surface area contributed by atoms with Crippen LogP contribution in [0.4, 0.5) is 5.95 Å². The molecule has 0 spiro atoms. The Balaban J connectivity index is 0.00000127. The number of allylic oxidation sites excluding steroid dienone is 2. The minimum absolute atomic E-state index is 0.226. The number of ether oxygens (including phenoxy) is 1. The molecule has 1 aliphatic heterocycles. The van der Waals surface area contributed by atoms with Gasteiger partial charge in [-0.05, 0) is 30.0 Å². The highest BCUT2D eigenvalue weighted by atomic mass is 35.5. The summed E-state index contributed by atoms with van der Waals surface area (Å²) in [5.41, 5.74) is 1.04. The van der Waals surface area contributed by atoms with Gasteiger partial charge in [0.2, 0.25) is 11.2 Å². The van der Waals surface area contributed by atoms with Crippen molar-refractivity contribution < 1.29 is 4.74 Å². The van der Waals surface area contributed by atoms with Crippen LogP contribution in [0.3, 0.4) is 0 Å². The van der Waals surface area contributed by atoms with Gasteiger partial charge in [-0.1, -0.05) is 45.2 Å². The Kier molecular flexibility index (Phi) is 9.17. The van der Waals surface area contributed by atoms with Crippen LogP contribution in [0, 0.1) is 0 Å². The Morgan fingerprint density at radius 3 is 2.61 bits per heavy atom. The smallest absolute Gasteiger partial charge is 0.229 e. The molecule has 0 bridgehead atoms. The van der Waals surface area contributed by atoms with Gasteiger partial charge in [0.15, 0.2) is 0 Å². The largest absolute Gasteiger partial charge is 0.373 e. The fourth-order valence-corrected chi connectivity index (χ4v) is 2.30. The molecule has 0 amide bonds. The van der Waals surface area contributed by atoms with Crippen molar-refractivity contribution in [3.63, 3.8) is 0 Å². The van der Waals surface area contributed by atoms with E-state index < -0.39 is 0 Å². The molecular formula is C17H25ClN4O. The number of hydrogen-bond acceptors (Lipinski definition) is 5. The van der Waals surface area contributed by atoms with E-state index in [4.69, 9.17) is 16.3 Å². The maximum atomic E-state index is 5.90. The summed E-state index contributed by atoms with van der Waals surface area (Å²) in [6.45, 7) is 13.7. The van der Waals surface area contributed by atoms with Gasteiger partial charge in [0.05, 0.1) is 12.7 Å². The lowest BCUT2D eigenvalue weighted by Crippen LogP contribution is -2.38. The quantitative estimate of drug-likeness (QED) is 0.739. The van der Waals surface area contributed by atoms with Crippen LogP contribution in [0.2, 0.25) is 5.28 Å². The van der Waals surface area contributed by atoms with E-state index in [9.17, 15) is 0 Å². The van der Waals surface area contributed by atoms with Crippen molar-refractivity contribution in [1.29, 1.82) is 0 Å². The number of piperidine rings is 1. The van der Waals surface area contributed by atoms with Crippen molar-refractivity contribution in [1.82, 2.24) is 15.0 Å². The van der Waals surface area contributed by atoms with Crippen LogP contribution in [0.1, 0.15) is 26.7 Å². The summed E-state index contributed by atoms with van der Waals surface area (Å²) in [4.78, 5) is 14.2. The molecule has 1 aliphatic rings. The highest BCUT2D eigenvalue weighted by Gasteiger charge is 2.21. The van der Waals surface area contributed by atoms with Gasteiger partial charge in [0, 0.05) is 13.1 Å². The van der Waals surface area contributed by atoms with Gasteiger partial charge in [-0.15, -0.1) is 0 Å². The molecule has 126 valence electrons. The van der Waals surface area contributed by atoms with Gasteiger partial charge in [0.1, 0.15) is 6.33 Å². The van der Waals surface area contributed by atoms with Crippen LogP contribution >= 0.6 is 11.6 Å². The van der Waals surface area contributed by atoms with Gasteiger partial charge in [0.25, 0.3) is 0 Å². The van der Waals surface area contributed by atoms with Gasteiger partial charge >= 0.3 is 0 Å². The summed E-state index contributed by atoms with van der Waals surface area (Å²) in [5, 5.41) is 0.226. The second-order valence-corrected chi connectivity index (χ2v) is 5.07. The lowest BCUT2D eigenvalue weighted by Gasteiger charge is -2.31. The van der Waals surface area contributed by atoms with E-state index in [-0.39, 0.29) is 11.4 Å². The third kappa shape index (κ3) is 6.50. The van der Waals surface area contributed by atoms with Crippen LogP contribution in [0.15, 0.2) is 43.3 Å². The van der Waals surface area contributed by atoms with E-state index in [2.05, 4.69) is 33.0 Å². The molecular weight excluding hydrogens is 312 g/mol. The zero-order valence-corrected chi connectivity index (χ0v) is 14.7. The van der Waals surface area contributed by atoms with Crippen molar-refractivity contribution in [3.05, 3.63) is 48.6 Å². The van der Waals surface area contributed by atoms with Crippen molar-refractivity contribution >= 4 is 17.5 Å². The molecule has 0 atom stereocenters. The summed E-state index contributed by atoms with van der Waals surface area (Å²) < 4.78 is 5.90. The molecule has 1 aromatic rings. The third-order valence-electron chi connectivity index (χ3n) is 3.33. The normalized spacial score (nSPS) is 15.6. The first-order valence-corrected chi connectivity index (χ1v) is 8.26. The van der Waals surface area contributed by atoms with Crippen LogP contribution in [0.25, 0.3) is 0 Å². The fourth-order valence-electron chi connectivity index (χ4n) is 2.18. The third-order valence-corrected chi connectivity index (χ3v) is 3.52. The highest BCUT2D eigenvalue weighted by molar-refractivity contribution is 6.28. The first-order chi connectivity index (χ1) is 11.2. The Bertz CT molecular complexity index is 525. The predicted octanol–water partition coefficient (Wildman–Crippen LogP) is 3.84. The van der Waals surface area contributed by atoms with Crippen LogP contribution in [0.5, 0.6) is 0 Å². The van der Waals surface area contributed by atoms with E-state index in [0.29, 0.717) is 12.6 Å². The zero-order valence-electron chi connectivity index (χ0n) is 13.9. The second-order valence-electron chi connectivity index (χ2n) is 4.73. The van der Waals surface area contributed by atoms with Crippen molar-refractivity contribution in [3.8, 4) is 0 Å². The van der Waals surface area contributed by atoms with E-state index in [0.717, 1.165) is 31.5 Å². The lowest BCUT2D eigenvalue weighted by atomic mass is 10.1. The molecule has 0 aliphatic carbocycles. The molecule has 6 heteroatoms. The topological polar surface area (TPSA) is 51.1 Å². The lowest BCUT2D eigenvalue weighted by molar-refractivity contribution is 0.0531. The Hall–Kier alpha value is -1.72. The Labute approximate surface area is 143 Å². The van der Waals surface area contributed by atoms with Crippen molar-refractivity contribution in [2.24, 2.45) is 0 Å². The van der Waals surface area contributed by atoms with E-state index in [1.807, 2.05) is 19.9 Å². The molecule has 0 N–H and O–H groups in total. The Morgan fingerprint density at radius 1 is 1.35 bits per heavy atom. The first-order valence-electron chi connectivity index (χ1n) is 7.88. The minimum Gasteiger partial charge on any atom is -0.373 e. The summed E-state index contributed by atoms with van der Waals surface area (Å²) in [5.74, 6) is 0.631. The number of hydrogen-bond donors (Lipinski definition) is 0. The fraction of sp³-hybridized carbons (Fsp3) is 0.471. The zero-order chi connectivity index (χ0) is 17.1. The molecule has 0 unspecified atom stereocenters. The highest BCUT2D eigenvalue weighted by Crippen LogP contribution is 2.19. The standard InChI is InChI=1S/C15H19ClN4O.C2H6/c1-3-5-12(4-2)10-21-13-6-8-20(9-7-13)15-18-11-17-14(16)19-15;1-2/h3-5,11,13H,1-2,6-10H2;1-2H3/b12-5+;. The number of rotatable bonds is 6. The molecule has 0 saturated carbocycles. The number of aromatic nitrogens is 3. The molecule has 1 saturated heterocycles. The average molecular weight is 337 g/mol. The number of anilines is 1. The van der Waals surface area contributed by atoms with Gasteiger partial charge in [-0.25, -0.2) is 9.97 Å². The molecule has 0 aromatic carbocycles. The summed E-state index contributed by atoms with van der Waals surface area (Å²) in [7, 11) is 0. The summed E-state index contributed by atoms with van der Waals surface area (Å²) >= 11 is 5.79. The number of nitrogens with zero attached hydrogens (tertiary/aromatic N) is 4. The monoisotopic (exact) mass is 336 g/mol. The van der Waals surface area contributed by atoms with Gasteiger partial charge in [-0.3, -0.25) is 0 Å². The minimum atomic E-state index is 0.226. The maximum absolute atomic E-state index is 5.90. The molecule has 1 fully saturated rings. The Morgan fingerprint density at radius 2 is 2.04 bits per heavy atom. The second kappa shape index (κ2) is 10.9. The van der Waals surface area contributed by atoms with E-state index in [1.54, 1.807) is 12.2 Å². The molecule has 23 heavy (non-hydrogen) atoms. The molecule has 2 heterocycles. The van der Waals surface area contributed by atoms with Crippen molar-refractivity contribution in [2.45, 2.75) is 32.8 Å². The predicted molar refractivity (Wildman–Crippen MR) is 95.8 cm³/mol. The maximum Gasteiger partial charge on any atom is 0.229 e. The van der Waals surface area contributed by atoms with Gasteiger partial charge in [-0.2, -0.15) is 4.98 Å². The number of halogens is 1. The van der Waals surface area contributed by atoms with Crippen molar-refractivity contribution in [2.75, 3.05) is 24.6 Å². The first kappa shape index (κ1) is 19.3. The van der Waals surface area contributed by atoms with E-state index in [1.165, 1.54) is 6.33 Å². The molecule has 1 aromatic heterocycles. The van der Waals surface area contributed by atoms with Crippen LogP contribution in [-0.4, -0.2) is 40.8 Å². The van der Waals surface area contributed by atoms with Crippen LogP contribution in [-0.2, 0) is 4.74 Å². The summed E-state index contributed by atoms with van der Waals surface area (Å²) in [6.07, 6.45) is 8.99. The van der Waals surface area contributed by atoms with Crippen LogP contribution < -0.4 is 4.90 Å². The molecule has 5 nitrogen and oxygen atoms in total. The SMILES string of the molecule is C=C/C=C(\C=C)COC1CCN(c2ncnc(Cl)n2)CC1.CC. The molecule has 2 rings (SSSR count).